The van der Waals surface area contributed by atoms with Crippen molar-refractivity contribution in [1.29, 1.82) is 0 Å². The summed E-state index contributed by atoms with van der Waals surface area (Å²) in [4.78, 5) is 0. The van der Waals surface area contributed by atoms with E-state index < -0.39 is 0 Å². The zero-order valence-electron chi connectivity index (χ0n) is 6.27. The van der Waals surface area contributed by atoms with E-state index in [2.05, 4.69) is 48.6 Å². The summed E-state index contributed by atoms with van der Waals surface area (Å²) >= 11 is 0. The highest BCUT2D eigenvalue weighted by atomic mass is 14.6. The van der Waals surface area contributed by atoms with Crippen LogP contribution in [0.25, 0.3) is 0 Å². The van der Waals surface area contributed by atoms with Crippen LogP contribution in [0.3, 0.4) is 0 Å². The highest BCUT2D eigenvalue weighted by Gasteiger charge is 2.59. The summed E-state index contributed by atoms with van der Waals surface area (Å²) in [5.74, 6) is 1.53. The minimum absolute atomic E-state index is 0.406. The molecule has 11 heavy (non-hydrogen) atoms. The highest BCUT2D eigenvalue weighted by Crippen LogP contribution is 2.64. The van der Waals surface area contributed by atoms with E-state index in [0.29, 0.717) is 5.41 Å². The molecule has 2 atom stereocenters. The first-order valence-corrected chi connectivity index (χ1v) is 4.15. The van der Waals surface area contributed by atoms with E-state index in [-0.39, 0.29) is 0 Å². The van der Waals surface area contributed by atoms with Crippen molar-refractivity contribution in [3.63, 3.8) is 0 Å². The van der Waals surface area contributed by atoms with E-state index in [1.807, 2.05) is 0 Å². The quantitative estimate of drug-likeness (QED) is 0.487. The molecule has 0 aromatic heterocycles. The summed E-state index contributed by atoms with van der Waals surface area (Å²) in [5.41, 5.74) is 0.406. The molecule has 0 bridgehead atoms. The molecule has 0 amide bonds. The Labute approximate surface area is 66.6 Å². The molecule has 3 aliphatic carbocycles. The smallest absolute Gasteiger partial charge is 0.0205 e. The fourth-order valence-corrected chi connectivity index (χ4v) is 2.37. The maximum atomic E-state index is 2.34. The molecule has 0 nitrogen and oxygen atoms in total. The molecule has 0 heterocycles. The van der Waals surface area contributed by atoms with Crippen LogP contribution in [0.2, 0.25) is 0 Å². The van der Waals surface area contributed by atoms with E-state index in [1.54, 1.807) is 0 Å². The Kier molecular flexibility index (Phi) is 0.803. The maximum absolute atomic E-state index is 2.34. The second-order valence-corrected chi connectivity index (χ2v) is 3.54. The lowest BCUT2D eigenvalue weighted by atomic mass is 9.96. The number of rotatable bonds is 0. The zero-order valence-corrected chi connectivity index (χ0v) is 6.27. The van der Waals surface area contributed by atoms with Crippen LogP contribution in [0, 0.1) is 17.3 Å². The van der Waals surface area contributed by atoms with Gasteiger partial charge in [0.2, 0.25) is 0 Å². The van der Waals surface area contributed by atoms with Crippen molar-refractivity contribution in [1.82, 2.24) is 0 Å². The van der Waals surface area contributed by atoms with Crippen molar-refractivity contribution in [2.75, 3.05) is 0 Å². The summed E-state index contributed by atoms with van der Waals surface area (Å²) in [7, 11) is 0. The van der Waals surface area contributed by atoms with Gasteiger partial charge in [-0.3, -0.25) is 0 Å². The third kappa shape index (κ3) is 0.518. The Balaban J connectivity index is 2.12. The van der Waals surface area contributed by atoms with Crippen LogP contribution >= 0.6 is 0 Å². The van der Waals surface area contributed by atoms with Gasteiger partial charge in [-0.15, -0.1) is 0 Å². The van der Waals surface area contributed by atoms with Gasteiger partial charge in [0.1, 0.15) is 0 Å². The van der Waals surface area contributed by atoms with Crippen molar-refractivity contribution < 1.29 is 0 Å². The molecule has 0 radical (unpaired) electrons. The van der Waals surface area contributed by atoms with Gasteiger partial charge in [0.05, 0.1) is 0 Å². The zero-order chi connectivity index (χ0) is 7.31. The van der Waals surface area contributed by atoms with Crippen LogP contribution in [-0.2, 0) is 0 Å². The number of hydrogen-bond acceptors (Lipinski definition) is 0. The Morgan fingerprint density at radius 1 is 0.727 bits per heavy atom. The molecule has 3 aliphatic rings. The lowest BCUT2D eigenvalue weighted by Crippen LogP contribution is -1.98. The summed E-state index contributed by atoms with van der Waals surface area (Å²) in [6.07, 6.45) is 18.0. The summed E-state index contributed by atoms with van der Waals surface area (Å²) in [5, 5.41) is 0. The standard InChI is InChI=1S/C11H10/c1-3-7-11-8-4-2-6-10(11)9(11)5-1/h1-10H. The van der Waals surface area contributed by atoms with Crippen LogP contribution in [-0.4, -0.2) is 0 Å². The highest BCUT2D eigenvalue weighted by molar-refractivity contribution is 5.44. The summed E-state index contributed by atoms with van der Waals surface area (Å²) < 4.78 is 0. The first-order valence-electron chi connectivity index (χ1n) is 4.15. The molecule has 0 aliphatic heterocycles. The lowest BCUT2D eigenvalue weighted by Gasteiger charge is -2.08. The van der Waals surface area contributed by atoms with Gasteiger partial charge in [0, 0.05) is 5.41 Å². The molecule has 1 spiro atoms. The minimum atomic E-state index is 0.406. The monoisotopic (exact) mass is 142 g/mol. The molecule has 0 N–H and O–H groups in total. The van der Waals surface area contributed by atoms with Crippen molar-refractivity contribution in [3.05, 3.63) is 48.6 Å². The average molecular weight is 142 g/mol. The van der Waals surface area contributed by atoms with Crippen molar-refractivity contribution in [2.24, 2.45) is 17.3 Å². The Morgan fingerprint density at radius 2 is 1.27 bits per heavy atom. The van der Waals surface area contributed by atoms with Crippen LogP contribution in [0.15, 0.2) is 48.6 Å². The Hall–Kier alpha value is -1.04. The van der Waals surface area contributed by atoms with E-state index in [4.69, 9.17) is 0 Å². The van der Waals surface area contributed by atoms with Gasteiger partial charge in [-0.25, -0.2) is 0 Å². The van der Waals surface area contributed by atoms with Gasteiger partial charge >= 0.3 is 0 Å². The first-order chi connectivity index (χ1) is 5.43. The second kappa shape index (κ2) is 1.58. The molecule has 54 valence electrons. The molecule has 2 unspecified atom stereocenters. The van der Waals surface area contributed by atoms with Crippen LogP contribution in [0.1, 0.15) is 0 Å². The molecule has 0 heteroatoms. The average Bonchev–Trinajstić information content (AvgIpc) is 2.73. The lowest BCUT2D eigenvalue weighted by molar-refractivity contribution is 0.754. The van der Waals surface area contributed by atoms with Gasteiger partial charge in [0.15, 0.2) is 0 Å². The topological polar surface area (TPSA) is 0 Å². The molecule has 1 fully saturated rings. The Bertz CT molecular complexity index is 270. The fraction of sp³-hybridized carbons (Fsp3) is 0.273. The van der Waals surface area contributed by atoms with Gasteiger partial charge in [0.25, 0.3) is 0 Å². The largest absolute Gasteiger partial charge is 0.0796 e. The second-order valence-electron chi connectivity index (χ2n) is 3.54. The van der Waals surface area contributed by atoms with Crippen LogP contribution in [0.5, 0.6) is 0 Å². The predicted molar refractivity (Wildman–Crippen MR) is 46.0 cm³/mol. The van der Waals surface area contributed by atoms with Crippen LogP contribution < -0.4 is 0 Å². The third-order valence-electron chi connectivity index (χ3n) is 3.06. The van der Waals surface area contributed by atoms with Crippen molar-refractivity contribution in [3.8, 4) is 0 Å². The number of allylic oxidation sites excluding steroid dienone is 8. The van der Waals surface area contributed by atoms with Gasteiger partial charge < -0.3 is 0 Å². The van der Waals surface area contributed by atoms with E-state index in [9.17, 15) is 0 Å². The third-order valence-corrected chi connectivity index (χ3v) is 3.06. The number of fused-ring (bicyclic) bond motifs is 1. The molecule has 1 saturated carbocycles. The van der Waals surface area contributed by atoms with E-state index in [0.717, 1.165) is 11.8 Å². The predicted octanol–water partition coefficient (Wildman–Crippen LogP) is 2.47. The fourth-order valence-electron chi connectivity index (χ4n) is 2.37. The molecular weight excluding hydrogens is 132 g/mol. The SMILES string of the molecule is C1=CC2C3C=CC=CC23C=C1. The van der Waals surface area contributed by atoms with Gasteiger partial charge in [-0.1, -0.05) is 48.6 Å². The summed E-state index contributed by atoms with van der Waals surface area (Å²) in [6.45, 7) is 0. The number of hydrogen-bond donors (Lipinski definition) is 0. The summed E-state index contributed by atoms with van der Waals surface area (Å²) in [6, 6.07) is 0. The normalized spacial score (nSPS) is 48.7. The maximum Gasteiger partial charge on any atom is 0.0205 e. The molecular formula is C11H10. The minimum Gasteiger partial charge on any atom is -0.0796 e. The first kappa shape index (κ1) is 5.59. The Morgan fingerprint density at radius 3 is 1.82 bits per heavy atom. The molecule has 0 saturated heterocycles. The van der Waals surface area contributed by atoms with Gasteiger partial charge in [-0.05, 0) is 11.8 Å². The van der Waals surface area contributed by atoms with Crippen LogP contribution in [0.4, 0.5) is 0 Å². The molecule has 3 rings (SSSR count). The van der Waals surface area contributed by atoms with E-state index in [1.165, 1.54) is 0 Å². The van der Waals surface area contributed by atoms with Crippen molar-refractivity contribution in [2.45, 2.75) is 0 Å². The molecule has 0 aromatic carbocycles. The molecule has 0 aromatic rings. The van der Waals surface area contributed by atoms with E-state index >= 15 is 0 Å². The van der Waals surface area contributed by atoms with Crippen molar-refractivity contribution >= 4 is 0 Å². The van der Waals surface area contributed by atoms with Gasteiger partial charge in [-0.2, -0.15) is 0 Å².